The lowest BCUT2D eigenvalue weighted by Gasteiger charge is -2.07. The van der Waals surface area contributed by atoms with Crippen molar-refractivity contribution in [2.45, 2.75) is 52.4 Å². The van der Waals surface area contributed by atoms with Crippen molar-refractivity contribution in [3.8, 4) is 11.6 Å². The van der Waals surface area contributed by atoms with E-state index in [0.717, 1.165) is 30.0 Å². The Hall–Kier alpha value is -1.84. The number of benzene rings is 1. The first-order chi connectivity index (χ1) is 10.6. The predicted molar refractivity (Wildman–Crippen MR) is 89.4 cm³/mol. The first-order valence-corrected chi connectivity index (χ1v) is 8.13. The summed E-state index contributed by atoms with van der Waals surface area (Å²) in [6.07, 6.45) is 6.83. The summed E-state index contributed by atoms with van der Waals surface area (Å²) in [5.41, 5.74) is 2.16. The summed E-state index contributed by atoms with van der Waals surface area (Å²) in [4.78, 5) is 8.76. The van der Waals surface area contributed by atoms with Crippen LogP contribution in [0.5, 0.6) is 11.6 Å². The summed E-state index contributed by atoms with van der Waals surface area (Å²) in [6, 6.07) is 5.54. The molecule has 4 nitrogen and oxygen atoms in total. The van der Waals surface area contributed by atoms with E-state index in [9.17, 15) is 5.11 Å². The van der Waals surface area contributed by atoms with Gasteiger partial charge in [-0.3, -0.25) is 0 Å². The van der Waals surface area contributed by atoms with Gasteiger partial charge in [0.1, 0.15) is 11.4 Å². The number of hydrogen-bond donors (Lipinski definition) is 1. The van der Waals surface area contributed by atoms with Gasteiger partial charge in [0, 0.05) is 6.07 Å². The quantitative estimate of drug-likeness (QED) is 0.730. The Bertz CT molecular complexity index is 611. The van der Waals surface area contributed by atoms with Crippen LogP contribution in [0.2, 0.25) is 0 Å². The highest BCUT2D eigenvalue weighted by molar-refractivity contribution is 5.76. The summed E-state index contributed by atoms with van der Waals surface area (Å²) in [7, 11) is 1.61. The van der Waals surface area contributed by atoms with Crippen molar-refractivity contribution in [3.63, 3.8) is 0 Å². The molecule has 0 saturated heterocycles. The molecule has 1 heterocycles. The van der Waals surface area contributed by atoms with Gasteiger partial charge in [-0.25, -0.2) is 9.97 Å². The number of hydrogen-bond acceptors (Lipinski definition) is 4. The Kier molecular flexibility index (Phi) is 5.99. The van der Waals surface area contributed by atoms with Gasteiger partial charge < -0.3 is 9.84 Å². The molecule has 120 valence electrons. The summed E-state index contributed by atoms with van der Waals surface area (Å²) in [5, 5.41) is 10.0. The van der Waals surface area contributed by atoms with Crippen molar-refractivity contribution < 1.29 is 9.84 Å². The molecule has 0 aliphatic carbocycles. The Morgan fingerprint density at radius 2 is 1.82 bits per heavy atom. The van der Waals surface area contributed by atoms with E-state index in [1.807, 2.05) is 12.1 Å². The van der Waals surface area contributed by atoms with Crippen molar-refractivity contribution in [1.82, 2.24) is 9.97 Å². The molecule has 0 aliphatic rings. The molecule has 0 radical (unpaired) electrons. The number of fused-ring (bicyclic) bond motifs is 1. The first-order valence-electron chi connectivity index (χ1n) is 8.13. The molecule has 0 spiro atoms. The topological polar surface area (TPSA) is 55.2 Å². The van der Waals surface area contributed by atoms with Crippen LogP contribution in [0.4, 0.5) is 0 Å². The predicted octanol–water partition coefficient (Wildman–Crippen LogP) is 4.49. The monoisotopic (exact) mass is 302 g/mol. The van der Waals surface area contributed by atoms with Crippen LogP contribution >= 0.6 is 0 Å². The summed E-state index contributed by atoms with van der Waals surface area (Å²) in [5.74, 6) is 1.55. The Labute approximate surface area is 132 Å². The SMILES string of the molecule is COc1ccc2nc(CCCCCCC(C)C)c(O)nc2c1. The minimum Gasteiger partial charge on any atom is -0.497 e. The fourth-order valence-corrected chi connectivity index (χ4v) is 2.55. The normalized spacial score (nSPS) is 11.3. The molecule has 0 fully saturated rings. The zero-order valence-electron chi connectivity index (χ0n) is 13.8. The molecule has 0 unspecified atom stereocenters. The molecule has 2 aromatic rings. The van der Waals surface area contributed by atoms with Crippen LogP contribution in [0.25, 0.3) is 11.0 Å². The zero-order valence-corrected chi connectivity index (χ0v) is 13.8. The molecule has 0 bridgehead atoms. The van der Waals surface area contributed by atoms with Crippen LogP contribution < -0.4 is 4.74 Å². The van der Waals surface area contributed by atoms with Gasteiger partial charge in [0.2, 0.25) is 5.88 Å². The number of methoxy groups -OCH3 is 1. The fraction of sp³-hybridized carbons (Fsp3) is 0.556. The Morgan fingerprint density at radius 1 is 1.05 bits per heavy atom. The second-order valence-electron chi connectivity index (χ2n) is 6.20. The number of aryl methyl sites for hydroxylation is 1. The molecule has 1 aromatic heterocycles. The Morgan fingerprint density at radius 3 is 2.55 bits per heavy atom. The number of aromatic nitrogens is 2. The molecule has 4 heteroatoms. The minimum absolute atomic E-state index is 0.0444. The largest absolute Gasteiger partial charge is 0.497 e. The lowest BCUT2D eigenvalue weighted by atomic mass is 10.0. The van der Waals surface area contributed by atoms with E-state index in [0.29, 0.717) is 11.2 Å². The van der Waals surface area contributed by atoms with E-state index in [-0.39, 0.29) is 5.88 Å². The highest BCUT2D eigenvalue weighted by Crippen LogP contribution is 2.23. The number of nitrogens with zero attached hydrogens (tertiary/aromatic N) is 2. The first kappa shape index (κ1) is 16.5. The van der Waals surface area contributed by atoms with Crippen molar-refractivity contribution in [1.29, 1.82) is 0 Å². The van der Waals surface area contributed by atoms with Gasteiger partial charge in [-0.15, -0.1) is 0 Å². The molecule has 0 amide bonds. The van der Waals surface area contributed by atoms with Crippen molar-refractivity contribution in [2.75, 3.05) is 7.11 Å². The highest BCUT2D eigenvalue weighted by Gasteiger charge is 2.08. The van der Waals surface area contributed by atoms with Crippen LogP contribution in [-0.2, 0) is 6.42 Å². The minimum atomic E-state index is 0.0444. The maximum Gasteiger partial charge on any atom is 0.233 e. The summed E-state index contributed by atoms with van der Waals surface area (Å²) in [6.45, 7) is 4.52. The van der Waals surface area contributed by atoms with Gasteiger partial charge in [0.05, 0.1) is 18.1 Å². The van der Waals surface area contributed by atoms with E-state index in [1.54, 1.807) is 13.2 Å². The lowest BCUT2D eigenvalue weighted by molar-refractivity contribution is 0.415. The van der Waals surface area contributed by atoms with Crippen LogP contribution in [0.15, 0.2) is 18.2 Å². The average Bonchev–Trinajstić information content (AvgIpc) is 2.50. The summed E-state index contributed by atoms with van der Waals surface area (Å²) >= 11 is 0. The second-order valence-corrected chi connectivity index (χ2v) is 6.20. The number of ether oxygens (including phenoxy) is 1. The third-order valence-corrected chi connectivity index (χ3v) is 3.87. The van der Waals surface area contributed by atoms with E-state index in [2.05, 4.69) is 23.8 Å². The molecule has 2 rings (SSSR count). The molecule has 0 atom stereocenters. The van der Waals surface area contributed by atoms with Crippen LogP contribution in [0, 0.1) is 5.92 Å². The highest BCUT2D eigenvalue weighted by atomic mass is 16.5. The van der Waals surface area contributed by atoms with Gasteiger partial charge in [-0.1, -0.05) is 39.5 Å². The van der Waals surface area contributed by atoms with E-state index in [1.165, 1.54) is 25.7 Å². The second kappa shape index (κ2) is 7.97. The van der Waals surface area contributed by atoms with Crippen LogP contribution in [0.3, 0.4) is 0 Å². The maximum atomic E-state index is 10.0. The van der Waals surface area contributed by atoms with Gasteiger partial charge in [-0.05, 0) is 30.9 Å². The fourth-order valence-electron chi connectivity index (χ4n) is 2.55. The zero-order chi connectivity index (χ0) is 15.9. The third-order valence-electron chi connectivity index (χ3n) is 3.87. The lowest BCUT2D eigenvalue weighted by Crippen LogP contribution is -1.96. The molecule has 0 aliphatic heterocycles. The molecular formula is C18H26N2O2. The third kappa shape index (κ3) is 4.58. The van der Waals surface area contributed by atoms with Crippen molar-refractivity contribution >= 4 is 11.0 Å². The molecule has 1 aromatic carbocycles. The molecule has 22 heavy (non-hydrogen) atoms. The van der Waals surface area contributed by atoms with Crippen molar-refractivity contribution in [2.24, 2.45) is 5.92 Å². The van der Waals surface area contributed by atoms with E-state index >= 15 is 0 Å². The van der Waals surface area contributed by atoms with Crippen LogP contribution in [-0.4, -0.2) is 22.2 Å². The van der Waals surface area contributed by atoms with Gasteiger partial charge in [0.15, 0.2) is 0 Å². The Balaban J connectivity index is 1.92. The molecule has 0 saturated carbocycles. The van der Waals surface area contributed by atoms with Gasteiger partial charge in [-0.2, -0.15) is 0 Å². The van der Waals surface area contributed by atoms with Gasteiger partial charge >= 0.3 is 0 Å². The van der Waals surface area contributed by atoms with Gasteiger partial charge in [0.25, 0.3) is 0 Å². The van der Waals surface area contributed by atoms with E-state index in [4.69, 9.17) is 4.74 Å². The standard InChI is InChI=1S/C18H26N2O2/c1-13(2)8-6-4-5-7-9-16-18(21)20-17-12-14(22-3)10-11-15(17)19-16/h10-13H,4-9H2,1-3H3,(H,20,21). The molecular weight excluding hydrogens is 276 g/mol. The van der Waals surface area contributed by atoms with Crippen molar-refractivity contribution in [3.05, 3.63) is 23.9 Å². The summed E-state index contributed by atoms with van der Waals surface area (Å²) < 4.78 is 5.16. The number of rotatable bonds is 8. The van der Waals surface area contributed by atoms with Crippen LogP contribution in [0.1, 0.15) is 51.6 Å². The van der Waals surface area contributed by atoms with E-state index < -0.39 is 0 Å². The average molecular weight is 302 g/mol. The number of aromatic hydroxyl groups is 1. The smallest absolute Gasteiger partial charge is 0.233 e. The number of unbranched alkanes of at least 4 members (excludes halogenated alkanes) is 3. The maximum absolute atomic E-state index is 10.0. The molecule has 1 N–H and O–H groups in total.